The Morgan fingerprint density at radius 2 is 1.38 bits per heavy atom. The first-order valence-electron chi connectivity index (χ1n) is 26.2. The van der Waals surface area contributed by atoms with E-state index in [-0.39, 0.29) is 72.2 Å². The number of rotatable bonds is 10. The van der Waals surface area contributed by atoms with E-state index < -0.39 is 24.3 Å². The SMILES string of the molecule is COC(=O)N[C@H](C(=O)N1[C@@H](C)CC[C@H]1c1nc(C2CC2)c(-c2ccc3c(c2)COc2cc4c(ccc5nc([C@@H]6CC[C@H](C)N6C(=O)[C@@H](OC(N)=O)C6C[C@@H](C)O[C@H](C)C6)[nH]c54)cc2-3)[nH]1)C1C[C@@H](C)O[C@H](C)C1. The fourth-order valence-corrected chi connectivity index (χ4v) is 13.1. The van der Waals surface area contributed by atoms with E-state index in [1.807, 2.05) is 50.5 Å². The molecule has 5 aromatic rings. The maximum Gasteiger partial charge on any atom is 0.407 e. The number of H-pyrrole nitrogens is 2. The molecular weight excluding hydrogens is 917 g/mol. The van der Waals surface area contributed by atoms with Crippen molar-refractivity contribution < 1.29 is 42.9 Å². The van der Waals surface area contributed by atoms with Crippen molar-refractivity contribution in [3.8, 4) is 28.1 Å². The van der Waals surface area contributed by atoms with Crippen LogP contribution < -0.4 is 15.8 Å². The molecule has 10 atom stereocenters. The predicted molar refractivity (Wildman–Crippen MR) is 269 cm³/mol. The molecule has 6 aliphatic rings. The van der Waals surface area contributed by atoms with Gasteiger partial charge in [0.25, 0.3) is 5.91 Å². The number of aromatic amines is 2. The molecule has 0 unspecified atom stereocenters. The molecule has 0 spiro atoms. The lowest BCUT2D eigenvalue weighted by Gasteiger charge is -2.39. The van der Waals surface area contributed by atoms with Crippen molar-refractivity contribution in [2.75, 3.05) is 7.11 Å². The highest BCUT2D eigenvalue weighted by molar-refractivity contribution is 6.07. The molecule has 382 valence electrons. The highest BCUT2D eigenvalue weighted by Gasteiger charge is 2.47. The Labute approximate surface area is 419 Å². The van der Waals surface area contributed by atoms with Crippen LogP contribution in [-0.4, -0.2) is 109 Å². The Hall–Kier alpha value is -6.20. The zero-order chi connectivity index (χ0) is 50.3. The van der Waals surface area contributed by atoms with Crippen LogP contribution >= 0.6 is 0 Å². The van der Waals surface area contributed by atoms with E-state index in [9.17, 15) is 19.2 Å². The number of aromatic nitrogens is 4. The number of methoxy groups -OCH3 is 1. The number of nitrogens with one attached hydrogen (secondary N) is 3. The van der Waals surface area contributed by atoms with Crippen molar-refractivity contribution in [2.45, 2.75) is 179 Å². The molecule has 5 N–H and O–H groups in total. The molecule has 17 nitrogen and oxygen atoms in total. The van der Waals surface area contributed by atoms with E-state index in [0.717, 1.165) is 99.1 Å². The maximum atomic E-state index is 14.8. The first kappa shape index (κ1) is 48.1. The molecule has 0 radical (unpaired) electrons. The smallest absolute Gasteiger partial charge is 0.407 e. The van der Waals surface area contributed by atoms with Gasteiger partial charge in [0, 0.05) is 40.4 Å². The van der Waals surface area contributed by atoms with Crippen LogP contribution in [0.15, 0.2) is 42.5 Å². The van der Waals surface area contributed by atoms with Gasteiger partial charge in [-0.1, -0.05) is 18.2 Å². The van der Waals surface area contributed by atoms with Crippen molar-refractivity contribution in [1.29, 1.82) is 0 Å². The van der Waals surface area contributed by atoms with Gasteiger partial charge < -0.3 is 54.5 Å². The van der Waals surface area contributed by atoms with E-state index >= 15 is 0 Å². The minimum Gasteiger partial charge on any atom is -0.488 e. The summed E-state index contributed by atoms with van der Waals surface area (Å²) in [7, 11) is 1.33. The van der Waals surface area contributed by atoms with Gasteiger partial charge in [-0.2, -0.15) is 0 Å². The van der Waals surface area contributed by atoms with E-state index in [4.69, 9.17) is 39.4 Å². The third kappa shape index (κ3) is 8.94. The average molecular weight is 985 g/mol. The van der Waals surface area contributed by atoms with Crippen LogP contribution in [0.3, 0.4) is 0 Å². The topological polar surface area (TPSA) is 216 Å². The summed E-state index contributed by atoms with van der Waals surface area (Å²) < 4.78 is 29.2. The van der Waals surface area contributed by atoms with E-state index in [1.54, 1.807) is 0 Å². The van der Waals surface area contributed by atoms with Gasteiger partial charge in [-0.15, -0.1) is 0 Å². The number of imidazole rings is 2. The number of hydrogen-bond acceptors (Lipinski definition) is 11. The highest BCUT2D eigenvalue weighted by atomic mass is 16.6. The van der Waals surface area contributed by atoms with Crippen LogP contribution in [0.5, 0.6) is 5.75 Å². The Morgan fingerprint density at radius 3 is 2.01 bits per heavy atom. The first-order chi connectivity index (χ1) is 34.6. The molecule has 11 rings (SSSR count). The molecule has 0 bridgehead atoms. The van der Waals surface area contributed by atoms with Crippen LogP contribution in [0, 0.1) is 11.8 Å². The minimum atomic E-state index is -1.01. The van der Waals surface area contributed by atoms with Gasteiger partial charge in [-0.25, -0.2) is 19.6 Å². The Balaban J connectivity index is 0.867. The van der Waals surface area contributed by atoms with Crippen LogP contribution in [0.4, 0.5) is 9.59 Å². The first-order valence-corrected chi connectivity index (χ1v) is 26.2. The number of likely N-dealkylation sites (tertiary alicyclic amines) is 2. The molecular formula is C55H68N8O9. The summed E-state index contributed by atoms with van der Waals surface area (Å²) >= 11 is 0. The fourth-order valence-electron chi connectivity index (χ4n) is 13.1. The number of primary amides is 1. The summed E-state index contributed by atoms with van der Waals surface area (Å²) in [5.74, 6) is 1.89. The fraction of sp³-hybridized carbons (Fsp3) is 0.564. The van der Waals surface area contributed by atoms with Crippen LogP contribution in [0.2, 0.25) is 0 Å². The summed E-state index contributed by atoms with van der Waals surface area (Å²) in [4.78, 5) is 75.7. The number of ether oxygens (including phenoxy) is 5. The van der Waals surface area contributed by atoms with E-state index in [0.29, 0.717) is 50.5 Å². The van der Waals surface area contributed by atoms with Crippen LogP contribution in [0.1, 0.15) is 147 Å². The third-order valence-corrected chi connectivity index (χ3v) is 16.4. The van der Waals surface area contributed by atoms with E-state index in [2.05, 4.69) is 58.6 Å². The third-order valence-electron chi connectivity index (χ3n) is 16.4. The van der Waals surface area contributed by atoms with Gasteiger partial charge in [0.05, 0.1) is 66.0 Å². The quantitative estimate of drug-likeness (QED) is 0.103. The Bertz CT molecular complexity index is 2910. The number of fused-ring (bicyclic) bond motifs is 6. The van der Waals surface area contributed by atoms with Crippen molar-refractivity contribution in [3.05, 3.63) is 65.4 Å². The van der Waals surface area contributed by atoms with E-state index in [1.165, 1.54) is 7.11 Å². The van der Waals surface area contributed by atoms with Crippen molar-refractivity contribution in [2.24, 2.45) is 17.6 Å². The monoisotopic (exact) mass is 985 g/mol. The number of carbonyl (C=O) groups is 4. The summed E-state index contributed by atoms with van der Waals surface area (Å²) in [6.45, 7) is 12.5. The predicted octanol–water partition coefficient (Wildman–Crippen LogP) is 9.24. The number of carbonyl (C=O) groups excluding carboxylic acids is 4. The zero-order valence-corrected chi connectivity index (χ0v) is 42.4. The normalized spacial score (nSPS) is 29.0. The second-order valence-corrected chi connectivity index (χ2v) is 21.8. The summed E-state index contributed by atoms with van der Waals surface area (Å²) in [5.41, 5.74) is 13.4. The number of alkyl carbamates (subject to hydrolysis) is 1. The lowest BCUT2D eigenvalue weighted by molar-refractivity contribution is -0.151. The number of benzene rings is 3. The molecule has 1 aliphatic carbocycles. The Kier molecular flexibility index (Phi) is 12.7. The molecule has 7 heterocycles. The molecule has 72 heavy (non-hydrogen) atoms. The van der Waals surface area contributed by atoms with Gasteiger partial charge in [0.2, 0.25) is 5.91 Å². The molecule has 3 aromatic carbocycles. The number of hydrogen-bond donors (Lipinski definition) is 4. The molecule has 1 saturated carbocycles. The highest BCUT2D eigenvalue weighted by Crippen LogP contribution is 2.48. The number of nitrogens with two attached hydrogens (primary N) is 1. The molecule has 2 aromatic heterocycles. The molecule has 5 fully saturated rings. The van der Waals surface area contributed by atoms with Crippen molar-refractivity contribution in [3.63, 3.8) is 0 Å². The summed E-state index contributed by atoms with van der Waals surface area (Å²) in [5, 5.41) is 4.91. The zero-order valence-electron chi connectivity index (χ0n) is 42.4. The molecule has 17 heteroatoms. The lowest BCUT2D eigenvalue weighted by Crippen LogP contribution is -2.55. The standard InChI is InChI=1S/C55H68N8O9/c1-26-8-17-43(62(26)52(64)47(61-55(67)68-7)35-18-28(3)70-29(4)19-35)51-58-45(32-10-11-32)46(59-51)34-12-14-38-37(22-34)25-69-44-24-39-33(23-40(38)44)13-15-41-48(39)60-50(57-41)42-16-9-27(2)63(42)53(65)49(72-54(56)66)36-20-30(5)71-31(6)21-36/h12-15,22-24,26-32,35-36,42-43,47,49H,8-11,16-21,25H2,1-7H3,(H2,56,66)(H,57,60)(H,58,59)(H,61,67)/t26-,27-,28+,29+,30+,31+,42-,43-,47-,49-/m0/s1. The van der Waals surface area contributed by atoms with Gasteiger partial charge in [-0.05, 0) is 152 Å². The number of amides is 4. The maximum absolute atomic E-state index is 14.8. The Morgan fingerprint density at radius 1 is 0.736 bits per heavy atom. The van der Waals surface area contributed by atoms with Gasteiger partial charge >= 0.3 is 12.2 Å². The lowest BCUT2D eigenvalue weighted by atomic mass is 9.85. The largest absolute Gasteiger partial charge is 0.488 e. The summed E-state index contributed by atoms with van der Waals surface area (Å²) in [6.07, 6.45) is 4.85. The molecule has 5 aliphatic heterocycles. The van der Waals surface area contributed by atoms with Crippen molar-refractivity contribution in [1.82, 2.24) is 35.1 Å². The molecule has 4 saturated heterocycles. The van der Waals surface area contributed by atoms with Gasteiger partial charge in [0.15, 0.2) is 6.10 Å². The average Bonchev–Trinajstić information content (AvgIpc) is 3.60. The molecule has 4 amide bonds. The van der Waals surface area contributed by atoms with Crippen LogP contribution in [0.25, 0.3) is 44.2 Å². The number of nitrogens with zero attached hydrogens (tertiary/aromatic N) is 4. The van der Waals surface area contributed by atoms with Gasteiger partial charge in [0.1, 0.15) is 30.0 Å². The van der Waals surface area contributed by atoms with Crippen molar-refractivity contribution >= 4 is 45.8 Å². The second-order valence-electron chi connectivity index (χ2n) is 21.8. The second kappa shape index (κ2) is 19.0. The van der Waals surface area contributed by atoms with Gasteiger partial charge in [-0.3, -0.25) is 9.59 Å². The summed E-state index contributed by atoms with van der Waals surface area (Å²) in [6, 6.07) is 13.4. The van der Waals surface area contributed by atoms with Crippen LogP contribution in [-0.2, 0) is 35.1 Å². The minimum absolute atomic E-state index is 0.0336.